The number of ether oxygens (including phenoxy) is 2. The molecule has 0 heterocycles. The smallest absolute Gasteiger partial charge is 0.127 e. The van der Waals surface area contributed by atoms with E-state index in [-0.39, 0.29) is 0 Å². The predicted molar refractivity (Wildman–Crippen MR) is 178 cm³/mol. The van der Waals surface area contributed by atoms with Crippen LogP contribution in [0, 0.1) is 0 Å². The maximum absolute atomic E-state index is 6.22. The maximum Gasteiger partial charge on any atom is 0.127 e. The van der Waals surface area contributed by atoms with Crippen LogP contribution in [-0.2, 0) is 6.42 Å². The molecule has 43 heavy (non-hydrogen) atoms. The lowest BCUT2D eigenvalue weighted by molar-refractivity contribution is 0.482. The number of fused-ring (bicyclic) bond motifs is 3. The Morgan fingerprint density at radius 2 is 0.721 bits per heavy atom. The number of nitrogens with two attached hydrogens (primary N) is 2. The summed E-state index contributed by atoms with van der Waals surface area (Å²) in [6, 6.07) is 44.8. The normalized spacial score (nSPS) is 11.5. The summed E-state index contributed by atoms with van der Waals surface area (Å²) in [5, 5.41) is 0. The van der Waals surface area contributed by atoms with Crippen LogP contribution < -0.4 is 20.9 Å². The highest BCUT2D eigenvalue weighted by atomic mass is 32.2. The molecular weight excluding hydrogens is 569 g/mol. The largest absolute Gasteiger partial charge is 0.457 e. The van der Waals surface area contributed by atoms with Gasteiger partial charge in [0, 0.05) is 31.0 Å². The topological polar surface area (TPSA) is 70.5 Å². The average molecular weight is 597 g/mol. The van der Waals surface area contributed by atoms with Gasteiger partial charge in [-0.2, -0.15) is 0 Å². The molecule has 0 atom stereocenters. The second-order valence-corrected chi connectivity index (χ2v) is 12.6. The minimum Gasteiger partial charge on any atom is -0.457 e. The second kappa shape index (κ2) is 11.8. The monoisotopic (exact) mass is 596 g/mol. The average Bonchev–Trinajstić information content (AvgIpc) is 3.38. The van der Waals surface area contributed by atoms with Crippen molar-refractivity contribution in [2.45, 2.75) is 26.0 Å². The third-order valence-corrected chi connectivity index (χ3v) is 9.21. The Bertz CT molecular complexity index is 1750. The molecule has 6 aromatic rings. The molecule has 0 radical (unpaired) electrons. The van der Waals surface area contributed by atoms with Gasteiger partial charge in [0.05, 0.1) is 0 Å². The highest BCUT2D eigenvalue weighted by Crippen LogP contribution is 2.41. The fourth-order valence-corrected chi connectivity index (χ4v) is 6.69. The van der Waals surface area contributed by atoms with Crippen molar-refractivity contribution in [3.05, 3.63) is 145 Å². The van der Waals surface area contributed by atoms with Crippen LogP contribution in [0.25, 0.3) is 11.1 Å². The fraction of sp³-hybridized carbons (Fsp3) is 0.0270. The van der Waals surface area contributed by atoms with Crippen molar-refractivity contribution in [2.24, 2.45) is 0 Å². The van der Waals surface area contributed by atoms with Gasteiger partial charge >= 0.3 is 0 Å². The molecule has 7 rings (SSSR count). The van der Waals surface area contributed by atoms with E-state index in [4.69, 9.17) is 20.9 Å². The summed E-state index contributed by atoms with van der Waals surface area (Å²) in [6.07, 6.45) is 0.841. The first kappa shape index (κ1) is 27.1. The van der Waals surface area contributed by atoms with E-state index in [1.165, 1.54) is 22.3 Å². The van der Waals surface area contributed by atoms with Crippen LogP contribution in [0.4, 0.5) is 11.4 Å². The van der Waals surface area contributed by atoms with Crippen molar-refractivity contribution in [1.82, 2.24) is 0 Å². The molecule has 0 aromatic heterocycles. The Kier molecular flexibility index (Phi) is 7.46. The SMILES string of the molecule is Nc1ccc(Sc2ccc(Oc3ccc4c(c3)Cc3cc(Oc5ccc(Sc6ccc(N)cc6)cc5)ccc3-4)cc2)cc1. The lowest BCUT2D eigenvalue weighted by atomic mass is 10.1. The first-order valence-corrected chi connectivity index (χ1v) is 15.6. The van der Waals surface area contributed by atoms with Crippen LogP contribution in [0.3, 0.4) is 0 Å². The Morgan fingerprint density at radius 1 is 0.395 bits per heavy atom. The van der Waals surface area contributed by atoms with Crippen molar-refractivity contribution >= 4 is 34.9 Å². The van der Waals surface area contributed by atoms with Crippen molar-refractivity contribution in [1.29, 1.82) is 0 Å². The van der Waals surface area contributed by atoms with E-state index in [9.17, 15) is 0 Å². The van der Waals surface area contributed by atoms with Crippen molar-refractivity contribution in [3.63, 3.8) is 0 Å². The van der Waals surface area contributed by atoms with E-state index < -0.39 is 0 Å². The zero-order valence-corrected chi connectivity index (χ0v) is 24.8. The van der Waals surface area contributed by atoms with Crippen LogP contribution in [0.5, 0.6) is 23.0 Å². The third-order valence-electron chi connectivity index (χ3n) is 7.17. The van der Waals surface area contributed by atoms with Crippen LogP contribution in [0.15, 0.2) is 153 Å². The summed E-state index contributed by atoms with van der Waals surface area (Å²) in [7, 11) is 0. The summed E-state index contributed by atoms with van der Waals surface area (Å²) in [4.78, 5) is 4.59. The lowest BCUT2D eigenvalue weighted by Crippen LogP contribution is -1.87. The predicted octanol–water partition coefficient (Wildman–Crippen LogP) is 10.3. The fourth-order valence-electron chi connectivity index (χ4n) is 5.06. The number of hydrogen-bond acceptors (Lipinski definition) is 6. The van der Waals surface area contributed by atoms with Gasteiger partial charge in [-0.25, -0.2) is 0 Å². The zero-order valence-electron chi connectivity index (χ0n) is 23.2. The lowest BCUT2D eigenvalue weighted by Gasteiger charge is -2.09. The van der Waals surface area contributed by atoms with E-state index in [1.807, 2.05) is 84.9 Å². The molecule has 6 aromatic carbocycles. The van der Waals surface area contributed by atoms with Gasteiger partial charge < -0.3 is 20.9 Å². The van der Waals surface area contributed by atoms with E-state index >= 15 is 0 Å². The Hall–Kier alpha value is -4.78. The van der Waals surface area contributed by atoms with Crippen LogP contribution in [-0.4, -0.2) is 0 Å². The minimum atomic E-state index is 0.770. The first-order valence-electron chi connectivity index (χ1n) is 13.9. The molecule has 0 saturated carbocycles. The highest BCUT2D eigenvalue weighted by molar-refractivity contribution is 7.99. The molecule has 0 saturated heterocycles. The van der Waals surface area contributed by atoms with Gasteiger partial charge in [-0.3, -0.25) is 0 Å². The molecule has 1 aliphatic carbocycles. The van der Waals surface area contributed by atoms with Gasteiger partial charge in [-0.05, 0) is 150 Å². The van der Waals surface area contributed by atoms with E-state index in [2.05, 4.69) is 48.5 Å². The first-order chi connectivity index (χ1) is 21.0. The number of hydrogen-bond donors (Lipinski definition) is 2. The van der Waals surface area contributed by atoms with Gasteiger partial charge in [0.15, 0.2) is 0 Å². The van der Waals surface area contributed by atoms with Crippen LogP contribution >= 0.6 is 23.5 Å². The zero-order chi connectivity index (χ0) is 29.2. The third kappa shape index (κ3) is 6.36. The molecule has 210 valence electrons. The van der Waals surface area contributed by atoms with E-state index in [0.717, 1.165) is 60.4 Å². The summed E-state index contributed by atoms with van der Waals surface area (Å²) in [6.45, 7) is 0. The Balaban J connectivity index is 0.985. The van der Waals surface area contributed by atoms with E-state index in [0.29, 0.717) is 0 Å². The molecule has 0 amide bonds. The quantitative estimate of drug-likeness (QED) is 0.170. The summed E-state index contributed by atoms with van der Waals surface area (Å²) < 4.78 is 12.4. The van der Waals surface area contributed by atoms with Crippen molar-refractivity contribution in [2.75, 3.05) is 11.5 Å². The highest BCUT2D eigenvalue weighted by Gasteiger charge is 2.20. The Labute approximate surface area is 259 Å². The van der Waals surface area contributed by atoms with Crippen LogP contribution in [0.2, 0.25) is 0 Å². The van der Waals surface area contributed by atoms with Gasteiger partial charge in [-0.1, -0.05) is 35.7 Å². The summed E-state index contributed by atoms with van der Waals surface area (Å²) in [5.74, 6) is 3.29. The molecule has 4 N–H and O–H groups in total. The maximum atomic E-state index is 6.22. The summed E-state index contributed by atoms with van der Waals surface area (Å²) >= 11 is 3.39. The van der Waals surface area contributed by atoms with Gasteiger partial charge in [0.1, 0.15) is 23.0 Å². The van der Waals surface area contributed by atoms with Gasteiger partial charge in [-0.15, -0.1) is 0 Å². The molecule has 1 aliphatic rings. The van der Waals surface area contributed by atoms with Gasteiger partial charge in [0.25, 0.3) is 0 Å². The van der Waals surface area contributed by atoms with Crippen molar-refractivity contribution < 1.29 is 9.47 Å². The standard InChI is InChI=1S/C37H28N2O2S2/c38-26-1-11-32(12-2-26)42-34-15-5-28(6-16-34)40-30-9-19-36-24(22-30)21-25-23-31(10-20-37(25)36)41-29-7-17-35(18-8-29)43-33-13-3-27(39)4-14-33/h1-20,22-23H,21,38-39H2. The second-order valence-electron chi connectivity index (χ2n) is 10.3. The minimum absolute atomic E-state index is 0.770. The molecule has 0 bridgehead atoms. The molecule has 0 aliphatic heterocycles. The van der Waals surface area contributed by atoms with Crippen LogP contribution in [0.1, 0.15) is 11.1 Å². The molecular formula is C37H28N2O2S2. The number of benzene rings is 6. The number of anilines is 2. The van der Waals surface area contributed by atoms with E-state index in [1.54, 1.807) is 23.5 Å². The Morgan fingerprint density at radius 3 is 1.09 bits per heavy atom. The summed E-state index contributed by atoms with van der Waals surface area (Å²) in [5.41, 5.74) is 18.1. The number of nitrogen functional groups attached to an aromatic ring is 2. The molecule has 0 fully saturated rings. The molecule has 0 spiro atoms. The molecule has 6 heteroatoms. The molecule has 0 unspecified atom stereocenters. The van der Waals surface area contributed by atoms with Crippen molar-refractivity contribution in [3.8, 4) is 34.1 Å². The van der Waals surface area contributed by atoms with Gasteiger partial charge in [0.2, 0.25) is 0 Å². The number of rotatable bonds is 8. The molecule has 4 nitrogen and oxygen atoms in total.